The Balaban J connectivity index is 1.33. The number of aryl methyl sites for hydroxylation is 1. The largest absolute Gasteiger partial charge is 0.432 e. The topological polar surface area (TPSA) is 189 Å². The fourth-order valence-electron chi connectivity index (χ4n) is 6.61. The number of likely N-dealkylation sites (tertiary alicyclic amines) is 1. The summed E-state index contributed by atoms with van der Waals surface area (Å²) >= 11 is 0. The molecule has 3 fully saturated rings. The van der Waals surface area contributed by atoms with Gasteiger partial charge in [-0.05, 0) is 62.4 Å². The third-order valence-corrected chi connectivity index (χ3v) is 11.3. The number of nitrogens with zero attached hydrogens (tertiary/aromatic N) is 1. The van der Waals surface area contributed by atoms with Gasteiger partial charge in [0.25, 0.3) is 5.91 Å². The average Bonchev–Trinajstić information content (AvgIpc) is 3.53. The van der Waals surface area contributed by atoms with Crippen molar-refractivity contribution in [2.24, 2.45) is 5.92 Å². The molecule has 41 heavy (non-hydrogen) atoms. The lowest BCUT2D eigenvalue weighted by Crippen LogP contribution is -2.60. The van der Waals surface area contributed by atoms with E-state index in [1.54, 1.807) is 17.0 Å². The molecule has 2 amide bonds. The number of amides is 2. The third-order valence-electron chi connectivity index (χ3n) is 8.79. The summed E-state index contributed by atoms with van der Waals surface area (Å²) in [5, 5.41) is 51.4. The van der Waals surface area contributed by atoms with Gasteiger partial charge >= 0.3 is 0 Å². The Kier molecular flexibility index (Phi) is 10.3. The molecule has 0 aliphatic carbocycles. The highest BCUT2D eigenvalue weighted by Crippen LogP contribution is 2.46. The minimum atomic E-state index is -2.65. The number of anilines is 1. The van der Waals surface area contributed by atoms with Crippen LogP contribution >= 0.6 is 0 Å². The second-order valence-electron chi connectivity index (χ2n) is 12.2. The van der Waals surface area contributed by atoms with Crippen LogP contribution in [0.25, 0.3) is 0 Å². The van der Waals surface area contributed by atoms with Gasteiger partial charge in [0.05, 0.1) is 31.3 Å². The molecule has 0 saturated carbocycles. The van der Waals surface area contributed by atoms with Gasteiger partial charge in [0.1, 0.15) is 18.3 Å². The van der Waals surface area contributed by atoms with Crippen LogP contribution < -0.4 is 5.32 Å². The van der Waals surface area contributed by atoms with Crippen LogP contribution in [0.5, 0.6) is 0 Å². The molecule has 3 saturated heterocycles. The summed E-state index contributed by atoms with van der Waals surface area (Å²) in [7, 11) is -2.65. The molecular formula is C28H44N2O10Si. The molecule has 4 rings (SSSR count). The summed E-state index contributed by atoms with van der Waals surface area (Å²) in [6.45, 7) is 6.44. The zero-order valence-electron chi connectivity index (χ0n) is 23.8. The first-order valence-corrected chi connectivity index (χ1v) is 17.4. The molecule has 3 aliphatic heterocycles. The Bertz CT molecular complexity index is 1050. The number of rotatable bonds is 9. The van der Waals surface area contributed by atoms with E-state index in [1.807, 2.05) is 25.2 Å². The Morgan fingerprint density at radius 1 is 1.02 bits per heavy atom. The Labute approximate surface area is 241 Å². The van der Waals surface area contributed by atoms with Crippen molar-refractivity contribution in [3.63, 3.8) is 0 Å². The highest BCUT2D eigenvalue weighted by molar-refractivity contribution is 6.71. The molecule has 1 aromatic rings. The molecule has 13 heteroatoms. The van der Waals surface area contributed by atoms with E-state index in [0.717, 1.165) is 18.4 Å². The van der Waals surface area contributed by atoms with Crippen molar-refractivity contribution in [3.05, 3.63) is 29.8 Å². The summed E-state index contributed by atoms with van der Waals surface area (Å²) in [5.41, 5.74) is 1.31. The molecule has 0 unspecified atom stereocenters. The van der Waals surface area contributed by atoms with Gasteiger partial charge in [0.15, 0.2) is 20.7 Å². The first kappa shape index (κ1) is 32.0. The van der Waals surface area contributed by atoms with Crippen LogP contribution in [0.4, 0.5) is 5.69 Å². The lowest BCUT2D eigenvalue weighted by molar-refractivity contribution is -0.274. The summed E-state index contributed by atoms with van der Waals surface area (Å²) in [6, 6.07) is 6.91. The number of aliphatic hydroxyl groups is 5. The van der Waals surface area contributed by atoms with Crippen molar-refractivity contribution in [2.45, 2.75) is 107 Å². The smallest absolute Gasteiger partial charge is 0.256 e. The van der Waals surface area contributed by atoms with E-state index >= 15 is 0 Å². The van der Waals surface area contributed by atoms with Crippen molar-refractivity contribution in [1.82, 2.24) is 4.90 Å². The standard InChI is InChI=1S/C28H44N2O10Si/c1-15-19(39-20(26(15)41(2,3)38)13-21(32)30-12-4-5-18(30)14-31)11-8-16-6-9-17(10-7-16)29-27(36)25-23(34)22(33)24(35)28(37)40-25/h6-7,9-10,15,18-20,22-26,28,31,33-35,37-38H,4-5,8,11-14H2,1-3H3,(H,29,36)/t15-,18-,19+,20-,22-,23-,24+,25-,26+,28+/m0/s1. The molecule has 0 aromatic heterocycles. The Morgan fingerprint density at radius 2 is 1.71 bits per heavy atom. The maximum Gasteiger partial charge on any atom is 0.256 e. The number of hydrogen-bond donors (Lipinski definition) is 7. The highest BCUT2D eigenvalue weighted by Gasteiger charge is 2.51. The molecule has 3 heterocycles. The number of nitrogens with one attached hydrogen (secondary N) is 1. The van der Waals surface area contributed by atoms with E-state index in [1.165, 1.54) is 0 Å². The first-order valence-electron chi connectivity index (χ1n) is 14.4. The quantitative estimate of drug-likeness (QED) is 0.186. The summed E-state index contributed by atoms with van der Waals surface area (Å²) in [6.07, 6.45) is -5.81. The molecule has 0 radical (unpaired) electrons. The van der Waals surface area contributed by atoms with Crippen LogP contribution in [0.1, 0.15) is 38.2 Å². The molecule has 3 aliphatic rings. The van der Waals surface area contributed by atoms with Crippen LogP contribution in [0, 0.1) is 5.92 Å². The fourth-order valence-corrected chi connectivity index (χ4v) is 9.21. The highest BCUT2D eigenvalue weighted by atomic mass is 28.4. The van der Waals surface area contributed by atoms with Crippen LogP contribution in [-0.4, -0.2) is 117 Å². The number of carbonyl (C=O) groups is 2. The van der Waals surface area contributed by atoms with Gasteiger partial charge in [-0.25, -0.2) is 0 Å². The summed E-state index contributed by atoms with van der Waals surface area (Å²) < 4.78 is 11.4. The van der Waals surface area contributed by atoms with Gasteiger partial charge in [0, 0.05) is 17.8 Å². The van der Waals surface area contributed by atoms with E-state index in [-0.39, 0.29) is 48.6 Å². The van der Waals surface area contributed by atoms with Crippen LogP contribution in [0.15, 0.2) is 24.3 Å². The lowest BCUT2D eigenvalue weighted by atomic mass is 9.95. The van der Waals surface area contributed by atoms with Gasteiger partial charge in [0.2, 0.25) is 5.91 Å². The molecule has 230 valence electrons. The van der Waals surface area contributed by atoms with E-state index in [0.29, 0.717) is 25.1 Å². The van der Waals surface area contributed by atoms with Crippen molar-refractivity contribution in [2.75, 3.05) is 18.5 Å². The van der Waals surface area contributed by atoms with Gasteiger partial charge in [-0.1, -0.05) is 19.1 Å². The number of carbonyl (C=O) groups excluding carboxylic acids is 2. The van der Waals surface area contributed by atoms with Crippen molar-refractivity contribution in [3.8, 4) is 0 Å². The molecular weight excluding hydrogens is 552 g/mol. The SMILES string of the molecule is C[C@@H]1[C@@H]([Si](C)(C)O)[C@H](CC(=O)N2CCC[C@H]2CO)O[C@@H]1CCc1ccc(NC(=O)[C@H]2O[C@@H](O)[C@H](O)[C@@H](O)[C@@H]2O)cc1. The minimum absolute atomic E-state index is 0.0355. The molecule has 7 N–H and O–H groups in total. The molecule has 1 aromatic carbocycles. The number of hydrogen-bond acceptors (Lipinski definition) is 10. The molecule has 0 bridgehead atoms. The van der Waals surface area contributed by atoms with Crippen molar-refractivity contribution < 1.29 is 49.4 Å². The van der Waals surface area contributed by atoms with Crippen LogP contribution in [0.3, 0.4) is 0 Å². The van der Waals surface area contributed by atoms with Crippen molar-refractivity contribution in [1.29, 1.82) is 0 Å². The van der Waals surface area contributed by atoms with E-state index < -0.39 is 44.9 Å². The zero-order chi connectivity index (χ0) is 30.1. The first-order chi connectivity index (χ1) is 19.3. The monoisotopic (exact) mass is 596 g/mol. The summed E-state index contributed by atoms with van der Waals surface area (Å²) in [5.74, 6) is -0.743. The Morgan fingerprint density at radius 3 is 2.34 bits per heavy atom. The average molecular weight is 597 g/mol. The van der Waals surface area contributed by atoms with E-state index in [4.69, 9.17) is 9.47 Å². The van der Waals surface area contributed by atoms with E-state index in [2.05, 4.69) is 12.2 Å². The predicted molar refractivity (Wildman–Crippen MR) is 150 cm³/mol. The van der Waals surface area contributed by atoms with Crippen LogP contribution in [0.2, 0.25) is 18.6 Å². The lowest BCUT2D eigenvalue weighted by Gasteiger charge is -2.37. The molecule has 0 spiro atoms. The van der Waals surface area contributed by atoms with Crippen molar-refractivity contribution >= 4 is 25.8 Å². The van der Waals surface area contributed by atoms with Gasteiger partial charge in [-0.2, -0.15) is 0 Å². The fraction of sp³-hybridized carbons (Fsp3) is 0.714. The second kappa shape index (κ2) is 13.1. The number of aliphatic hydroxyl groups excluding tert-OH is 5. The van der Waals surface area contributed by atoms with Gasteiger partial charge in [-0.3, -0.25) is 9.59 Å². The van der Waals surface area contributed by atoms with Gasteiger partial charge < -0.3 is 50.0 Å². The normalized spacial score (nSPS) is 36.0. The van der Waals surface area contributed by atoms with Gasteiger partial charge in [-0.15, -0.1) is 0 Å². The minimum Gasteiger partial charge on any atom is -0.432 e. The number of ether oxygens (including phenoxy) is 2. The number of benzene rings is 1. The summed E-state index contributed by atoms with van der Waals surface area (Å²) in [4.78, 5) is 38.5. The second-order valence-corrected chi connectivity index (χ2v) is 16.1. The maximum atomic E-state index is 13.1. The zero-order valence-corrected chi connectivity index (χ0v) is 24.8. The molecule has 12 nitrogen and oxygen atoms in total. The maximum absolute atomic E-state index is 13.1. The van der Waals surface area contributed by atoms with Crippen LogP contribution in [-0.2, 0) is 25.5 Å². The predicted octanol–water partition coefficient (Wildman–Crippen LogP) is -0.298. The Hall–Kier alpha value is -1.94. The molecule has 10 atom stereocenters. The van der Waals surface area contributed by atoms with E-state index in [9.17, 15) is 39.9 Å². The third kappa shape index (κ3) is 7.17.